The summed E-state index contributed by atoms with van der Waals surface area (Å²) in [6.07, 6.45) is 7.02. The van der Waals surface area contributed by atoms with Crippen molar-refractivity contribution in [3.63, 3.8) is 0 Å². The Bertz CT molecular complexity index is 1150. The molecule has 1 aliphatic rings. The van der Waals surface area contributed by atoms with Crippen molar-refractivity contribution < 1.29 is 22.0 Å². The summed E-state index contributed by atoms with van der Waals surface area (Å²) < 4.78 is 70.5. The van der Waals surface area contributed by atoms with Crippen molar-refractivity contribution in [1.29, 1.82) is 0 Å². The van der Waals surface area contributed by atoms with Crippen molar-refractivity contribution in [2.75, 3.05) is 0 Å². The van der Waals surface area contributed by atoms with Crippen molar-refractivity contribution >= 4 is 5.57 Å². The topological polar surface area (TPSA) is 0 Å². The Morgan fingerprint density at radius 3 is 2.09 bits per heavy atom. The Kier molecular flexibility index (Phi) is 6.45. The lowest BCUT2D eigenvalue weighted by Gasteiger charge is -2.20. The number of allylic oxidation sites excluding steroid dienone is 2. The van der Waals surface area contributed by atoms with Gasteiger partial charge in [-0.3, -0.25) is 0 Å². The van der Waals surface area contributed by atoms with Crippen molar-refractivity contribution in [3.8, 4) is 11.1 Å². The van der Waals surface area contributed by atoms with Crippen LogP contribution in [0.4, 0.5) is 22.0 Å². The smallest absolute Gasteiger partial charge is 0.194 e. The summed E-state index contributed by atoms with van der Waals surface area (Å²) in [6.45, 7) is 2.17. The average molecular weight is 442 g/mol. The number of rotatable bonds is 6. The fourth-order valence-electron chi connectivity index (χ4n) is 4.24. The zero-order chi connectivity index (χ0) is 22.8. The first-order chi connectivity index (χ1) is 15.4. The third-order valence-electron chi connectivity index (χ3n) is 6.01. The Balaban J connectivity index is 1.61. The first-order valence-electron chi connectivity index (χ1n) is 10.8. The maximum atomic E-state index is 15.2. The molecular weight excluding hydrogens is 419 g/mol. The minimum absolute atomic E-state index is 0.230. The highest BCUT2D eigenvalue weighted by Crippen LogP contribution is 2.36. The molecule has 0 aromatic heterocycles. The van der Waals surface area contributed by atoms with Crippen LogP contribution in [0.3, 0.4) is 0 Å². The van der Waals surface area contributed by atoms with Gasteiger partial charge in [0.25, 0.3) is 0 Å². The van der Waals surface area contributed by atoms with Crippen LogP contribution in [0.25, 0.3) is 16.7 Å². The zero-order valence-electron chi connectivity index (χ0n) is 17.8. The molecule has 4 rings (SSSR count). The van der Waals surface area contributed by atoms with Crippen LogP contribution in [0.2, 0.25) is 0 Å². The van der Waals surface area contributed by atoms with Gasteiger partial charge in [-0.25, -0.2) is 22.0 Å². The lowest BCUT2D eigenvalue weighted by atomic mass is 9.85. The van der Waals surface area contributed by atoms with Gasteiger partial charge in [-0.1, -0.05) is 50.1 Å². The molecule has 0 aliphatic heterocycles. The van der Waals surface area contributed by atoms with E-state index in [9.17, 15) is 17.6 Å². The minimum atomic E-state index is -1.67. The number of hydrogen-bond acceptors (Lipinski definition) is 0. The summed E-state index contributed by atoms with van der Waals surface area (Å²) in [5.74, 6) is -6.45. The van der Waals surface area contributed by atoms with Gasteiger partial charge in [0.1, 0.15) is 11.6 Å². The van der Waals surface area contributed by atoms with Crippen molar-refractivity contribution in [3.05, 3.63) is 99.9 Å². The molecule has 0 N–H and O–H groups in total. The highest BCUT2D eigenvalue weighted by Gasteiger charge is 2.24. The monoisotopic (exact) mass is 442 g/mol. The zero-order valence-corrected chi connectivity index (χ0v) is 17.8. The van der Waals surface area contributed by atoms with Crippen LogP contribution in [0.5, 0.6) is 0 Å². The Morgan fingerprint density at radius 1 is 0.750 bits per heavy atom. The third kappa shape index (κ3) is 4.34. The van der Waals surface area contributed by atoms with Gasteiger partial charge in [0.2, 0.25) is 0 Å². The Labute approximate surface area is 184 Å². The number of fused-ring (bicyclic) bond motifs is 1. The molecule has 0 radical (unpaired) electrons. The molecule has 0 unspecified atom stereocenters. The molecule has 0 amide bonds. The van der Waals surface area contributed by atoms with Crippen LogP contribution >= 0.6 is 0 Å². The van der Waals surface area contributed by atoms with E-state index in [1.807, 2.05) is 18.2 Å². The molecule has 0 fully saturated rings. The first-order valence-corrected chi connectivity index (χ1v) is 10.8. The summed E-state index contributed by atoms with van der Waals surface area (Å²) in [5.41, 5.74) is 3.11. The molecule has 0 spiro atoms. The van der Waals surface area contributed by atoms with Crippen LogP contribution in [0, 0.1) is 29.1 Å². The van der Waals surface area contributed by atoms with E-state index in [0.29, 0.717) is 24.1 Å². The maximum Gasteiger partial charge on any atom is 0.194 e. The molecule has 0 nitrogen and oxygen atoms in total. The number of aryl methyl sites for hydroxylation is 1. The first kappa shape index (κ1) is 22.3. The fourth-order valence-corrected chi connectivity index (χ4v) is 4.24. The van der Waals surface area contributed by atoms with Crippen molar-refractivity contribution in [2.45, 2.75) is 45.4 Å². The van der Waals surface area contributed by atoms with E-state index < -0.39 is 34.6 Å². The molecule has 5 heteroatoms. The van der Waals surface area contributed by atoms with Crippen LogP contribution in [0.1, 0.15) is 48.4 Å². The second-order valence-electron chi connectivity index (χ2n) is 8.20. The standard InChI is InChI=1S/C27H23F5/c1-2-3-4-5-16-6-8-17(9-7-16)18-10-11-21-19(12-18)13-22(28)25(26(21)31)20-14-23(29)27(32)24(30)15-20/h6-10,13-15H,2-5,11-12H2,1H3. The number of benzene rings is 3. The van der Waals surface area contributed by atoms with Gasteiger partial charge in [0.05, 0.1) is 5.56 Å². The molecule has 3 aromatic carbocycles. The average Bonchev–Trinajstić information content (AvgIpc) is 2.77. The molecular formula is C27H23F5. The summed E-state index contributed by atoms with van der Waals surface area (Å²) in [7, 11) is 0. The predicted molar refractivity (Wildman–Crippen MR) is 117 cm³/mol. The molecule has 166 valence electrons. The molecule has 1 aliphatic carbocycles. The molecule has 0 saturated heterocycles. The summed E-state index contributed by atoms with van der Waals surface area (Å²) in [5, 5.41) is 0. The summed E-state index contributed by atoms with van der Waals surface area (Å²) >= 11 is 0. The second-order valence-corrected chi connectivity index (χ2v) is 8.20. The van der Waals surface area contributed by atoms with E-state index in [0.717, 1.165) is 24.0 Å². The number of unbranched alkanes of at least 4 members (excludes halogenated alkanes) is 2. The van der Waals surface area contributed by atoms with E-state index in [-0.39, 0.29) is 17.5 Å². The lowest BCUT2D eigenvalue weighted by molar-refractivity contribution is 0.447. The van der Waals surface area contributed by atoms with E-state index in [1.54, 1.807) is 0 Å². The van der Waals surface area contributed by atoms with Crippen LogP contribution in [-0.4, -0.2) is 0 Å². The molecule has 0 heterocycles. The van der Waals surface area contributed by atoms with Crippen molar-refractivity contribution in [1.82, 2.24) is 0 Å². The Hall–Kier alpha value is -2.95. The van der Waals surface area contributed by atoms with E-state index in [2.05, 4.69) is 19.1 Å². The molecule has 3 aromatic rings. The van der Waals surface area contributed by atoms with Gasteiger partial charge in [-0.05, 0) is 77.3 Å². The van der Waals surface area contributed by atoms with Gasteiger partial charge in [0, 0.05) is 0 Å². The largest absolute Gasteiger partial charge is 0.206 e. The molecule has 0 atom stereocenters. The quantitative estimate of drug-likeness (QED) is 0.206. The Morgan fingerprint density at radius 2 is 1.44 bits per heavy atom. The van der Waals surface area contributed by atoms with Crippen LogP contribution in [-0.2, 0) is 19.3 Å². The molecule has 32 heavy (non-hydrogen) atoms. The third-order valence-corrected chi connectivity index (χ3v) is 6.01. The van der Waals surface area contributed by atoms with Gasteiger partial charge in [0.15, 0.2) is 17.5 Å². The van der Waals surface area contributed by atoms with E-state index in [1.165, 1.54) is 24.5 Å². The van der Waals surface area contributed by atoms with Crippen LogP contribution in [0.15, 0.2) is 48.5 Å². The van der Waals surface area contributed by atoms with E-state index in [4.69, 9.17) is 0 Å². The SMILES string of the molecule is CCCCCc1ccc(C2=CCc3c(cc(F)c(-c4cc(F)c(F)c(F)c4)c3F)C2)cc1. The predicted octanol–water partition coefficient (Wildman–Crippen LogP) is 7.96. The fraction of sp³-hybridized carbons (Fsp3) is 0.259. The van der Waals surface area contributed by atoms with Gasteiger partial charge in [-0.2, -0.15) is 0 Å². The number of hydrogen-bond donors (Lipinski definition) is 0. The summed E-state index contributed by atoms with van der Waals surface area (Å²) in [4.78, 5) is 0. The van der Waals surface area contributed by atoms with Gasteiger partial charge in [-0.15, -0.1) is 0 Å². The maximum absolute atomic E-state index is 15.2. The lowest BCUT2D eigenvalue weighted by Crippen LogP contribution is -2.09. The van der Waals surface area contributed by atoms with Gasteiger partial charge >= 0.3 is 0 Å². The highest BCUT2D eigenvalue weighted by atomic mass is 19.2. The summed E-state index contributed by atoms with van der Waals surface area (Å²) in [6, 6.07) is 10.7. The molecule has 0 saturated carbocycles. The normalized spacial score (nSPS) is 13.1. The van der Waals surface area contributed by atoms with Gasteiger partial charge < -0.3 is 0 Å². The minimum Gasteiger partial charge on any atom is -0.206 e. The number of halogens is 5. The van der Waals surface area contributed by atoms with Crippen LogP contribution < -0.4 is 0 Å². The molecule has 0 bridgehead atoms. The highest BCUT2D eigenvalue weighted by molar-refractivity contribution is 5.73. The van der Waals surface area contributed by atoms with Crippen molar-refractivity contribution in [2.24, 2.45) is 0 Å². The van der Waals surface area contributed by atoms with E-state index >= 15 is 4.39 Å². The second kappa shape index (κ2) is 9.27.